The van der Waals surface area contributed by atoms with Crippen LogP contribution in [0.1, 0.15) is 18.2 Å². The van der Waals surface area contributed by atoms with Crippen molar-refractivity contribution >= 4 is 23.7 Å². The van der Waals surface area contributed by atoms with Crippen LogP contribution in [-0.4, -0.2) is 53.3 Å². The largest absolute Gasteiger partial charge is 0.340 e. The van der Waals surface area contributed by atoms with E-state index in [4.69, 9.17) is 0 Å². The fourth-order valence-corrected chi connectivity index (χ4v) is 3.15. The Morgan fingerprint density at radius 1 is 1.25 bits per heavy atom. The highest BCUT2D eigenvalue weighted by Gasteiger charge is 2.21. The number of piperazine rings is 1. The van der Waals surface area contributed by atoms with Gasteiger partial charge in [0.25, 0.3) is 0 Å². The van der Waals surface area contributed by atoms with Gasteiger partial charge in [0.2, 0.25) is 12.3 Å². The molecule has 28 heavy (non-hydrogen) atoms. The van der Waals surface area contributed by atoms with Gasteiger partial charge >= 0.3 is 0 Å². The molecule has 1 saturated heterocycles. The van der Waals surface area contributed by atoms with Crippen molar-refractivity contribution < 1.29 is 14.0 Å². The van der Waals surface area contributed by atoms with Crippen LogP contribution in [-0.2, 0) is 16.1 Å². The number of carbonyl (C=O) groups is 2. The van der Waals surface area contributed by atoms with Crippen LogP contribution in [0.4, 0.5) is 15.8 Å². The minimum Gasteiger partial charge on any atom is -0.340 e. The van der Waals surface area contributed by atoms with Crippen LogP contribution < -0.4 is 10.4 Å². The van der Waals surface area contributed by atoms with E-state index in [9.17, 15) is 9.59 Å². The summed E-state index contributed by atoms with van der Waals surface area (Å²) in [4.78, 5) is 31.0. The first kappa shape index (κ1) is 19.8. The van der Waals surface area contributed by atoms with Crippen LogP contribution in [0.2, 0.25) is 0 Å². The van der Waals surface area contributed by atoms with Gasteiger partial charge in [-0.25, -0.2) is 9.40 Å². The topological polar surface area (TPSA) is 68.8 Å². The lowest BCUT2D eigenvalue weighted by atomic mass is 10.1. The fourth-order valence-electron chi connectivity index (χ4n) is 3.15. The van der Waals surface area contributed by atoms with Crippen LogP contribution in [0.3, 0.4) is 0 Å². The molecule has 1 aromatic heterocycles. The van der Waals surface area contributed by atoms with Gasteiger partial charge in [0.15, 0.2) is 5.82 Å². The number of nitrogens with zero attached hydrogens (tertiary/aromatic N) is 4. The molecule has 0 radical (unpaired) electrons. The quantitative estimate of drug-likeness (QED) is 0.610. The summed E-state index contributed by atoms with van der Waals surface area (Å²) in [7, 11) is 0. The van der Waals surface area contributed by atoms with E-state index in [2.05, 4.69) is 15.3 Å². The number of pyridine rings is 1. The van der Waals surface area contributed by atoms with E-state index in [-0.39, 0.29) is 11.6 Å². The lowest BCUT2D eigenvalue weighted by Crippen LogP contribution is -2.47. The molecule has 2 aromatic rings. The summed E-state index contributed by atoms with van der Waals surface area (Å²) >= 11 is 0. The molecule has 7 nitrogen and oxygen atoms in total. The van der Waals surface area contributed by atoms with Gasteiger partial charge in [0.05, 0.1) is 11.9 Å². The third-order valence-corrected chi connectivity index (χ3v) is 4.80. The lowest BCUT2D eigenvalue weighted by molar-refractivity contribution is -0.130. The Labute approximate surface area is 163 Å². The standard InChI is InChI=1S/C20H24FN5O2/c1-15-6-7-18(12-22-15)23-26(14-27)19-5-3-4-17(20(19)21)13-24-8-10-25(11-9-24)16(2)28/h3-7,12,14,23H,8-11,13H2,1-2H3. The number of benzene rings is 1. The van der Waals surface area contributed by atoms with Crippen LogP contribution in [0.25, 0.3) is 0 Å². The molecule has 2 heterocycles. The van der Waals surface area contributed by atoms with Crippen LogP contribution >= 0.6 is 0 Å². The van der Waals surface area contributed by atoms with E-state index < -0.39 is 5.82 Å². The van der Waals surface area contributed by atoms with Gasteiger partial charge in [0.1, 0.15) is 5.69 Å². The molecule has 0 saturated carbocycles. The van der Waals surface area contributed by atoms with Gasteiger partial charge in [-0.05, 0) is 25.1 Å². The average molecular weight is 385 g/mol. The van der Waals surface area contributed by atoms with E-state index in [1.165, 1.54) is 0 Å². The summed E-state index contributed by atoms with van der Waals surface area (Å²) in [6.45, 7) is 6.49. The Kier molecular flexibility index (Phi) is 6.20. The van der Waals surface area contributed by atoms with E-state index in [0.29, 0.717) is 50.4 Å². The number of aryl methyl sites for hydroxylation is 1. The average Bonchev–Trinajstić information content (AvgIpc) is 2.70. The molecule has 148 valence electrons. The van der Waals surface area contributed by atoms with Crippen molar-refractivity contribution in [3.63, 3.8) is 0 Å². The molecule has 0 spiro atoms. The molecular weight excluding hydrogens is 361 g/mol. The van der Waals surface area contributed by atoms with E-state index in [1.54, 1.807) is 48.4 Å². The number of carbonyl (C=O) groups excluding carboxylic acids is 2. The first-order valence-electron chi connectivity index (χ1n) is 9.17. The summed E-state index contributed by atoms with van der Waals surface area (Å²) < 4.78 is 15.1. The van der Waals surface area contributed by atoms with Crippen molar-refractivity contribution in [1.82, 2.24) is 14.8 Å². The highest BCUT2D eigenvalue weighted by atomic mass is 19.1. The number of hydrogen-bond donors (Lipinski definition) is 1. The summed E-state index contributed by atoms with van der Waals surface area (Å²) in [6, 6.07) is 8.57. The van der Waals surface area contributed by atoms with E-state index >= 15 is 4.39 Å². The van der Waals surface area contributed by atoms with Crippen molar-refractivity contribution in [2.45, 2.75) is 20.4 Å². The molecule has 1 aliphatic rings. The second-order valence-corrected chi connectivity index (χ2v) is 6.81. The zero-order valence-corrected chi connectivity index (χ0v) is 16.1. The SMILES string of the molecule is CC(=O)N1CCN(Cc2cccc(N(C=O)Nc3ccc(C)nc3)c2F)CC1. The molecule has 1 aliphatic heterocycles. The second-order valence-electron chi connectivity index (χ2n) is 6.81. The zero-order chi connectivity index (χ0) is 20.1. The first-order valence-corrected chi connectivity index (χ1v) is 9.17. The Morgan fingerprint density at radius 3 is 2.61 bits per heavy atom. The van der Waals surface area contributed by atoms with Gasteiger partial charge in [-0.1, -0.05) is 12.1 Å². The molecule has 1 aromatic carbocycles. The maximum absolute atomic E-state index is 15.1. The highest BCUT2D eigenvalue weighted by molar-refractivity contribution is 5.79. The number of nitrogens with one attached hydrogen (secondary N) is 1. The number of halogens is 1. The maximum Gasteiger partial charge on any atom is 0.232 e. The summed E-state index contributed by atoms with van der Waals surface area (Å²) in [5.74, 6) is -0.387. The zero-order valence-electron chi connectivity index (χ0n) is 16.1. The Morgan fingerprint density at radius 2 is 2.00 bits per heavy atom. The summed E-state index contributed by atoms with van der Waals surface area (Å²) in [5, 5.41) is 1.11. The van der Waals surface area contributed by atoms with Crippen LogP contribution in [0.15, 0.2) is 36.5 Å². The first-order chi connectivity index (χ1) is 13.5. The van der Waals surface area contributed by atoms with Gasteiger partial charge < -0.3 is 4.90 Å². The second kappa shape index (κ2) is 8.79. The summed E-state index contributed by atoms with van der Waals surface area (Å²) in [6.07, 6.45) is 2.12. The van der Waals surface area contributed by atoms with Gasteiger partial charge in [-0.3, -0.25) is 24.9 Å². The van der Waals surface area contributed by atoms with Crippen molar-refractivity contribution in [1.29, 1.82) is 0 Å². The highest BCUT2D eigenvalue weighted by Crippen LogP contribution is 2.24. The molecule has 1 fully saturated rings. The van der Waals surface area contributed by atoms with Gasteiger partial charge in [0, 0.05) is 50.9 Å². The number of amides is 2. The predicted octanol–water partition coefficient (Wildman–Crippen LogP) is 2.18. The molecular formula is C20H24FN5O2. The number of rotatable bonds is 6. The normalized spacial score (nSPS) is 14.6. The molecule has 0 unspecified atom stereocenters. The molecule has 0 bridgehead atoms. The van der Waals surface area contributed by atoms with Crippen molar-refractivity contribution in [3.05, 3.63) is 53.6 Å². The third kappa shape index (κ3) is 4.64. The smallest absolute Gasteiger partial charge is 0.232 e. The number of hydrazine groups is 1. The van der Waals surface area contributed by atoms with Gasteiger partial charge in [-0.2, -0.15) is 0 Å². The molecule has 3 rings (SSSR count). The lowest BCUT2D eigenvalue weighted by Gasteiger charge is -2.34. The Balaban J connectivity index is 1.71. The summed E-state index contributed by atoms with van der Waals surface area (Å²) in [5.41, 5.74) is 4.95. The van der Waals surface area contributed by atoms with Crippen molar-refractivity contribution in [2.75, 3.05) is 36.6 Å². The Bertz CT molecular complexity index is 835. The predicted molar refractivity (Wildman–Crippen MR) is 105 cm³/mol. The van der Waals surface area contributed by atoms with Crippen molar-refractivity contribution in [3.8, 4) is 0 Å². The third-order valence-electron chi connectivity index (χ3n) is 4.80. The van der Waals surface area contributed by atoms with Gasteiger partial charge in [-0.15, -0.1) is 0 Å². The number of hydrogen-bond acceptors (Lipinski definition) is 5. The maximum atomic E-state index is 15.1. The Hall–Kier alpha value is -3.00. The molecule has 0 aliphatic carbocycles. The molecule has 0 atom stereocenters. The van der Waals surface area contributed by atoms with Crippen molar-refractivity contribution in [2.24, 2.45) is 0 Å². The van der Waals surface area contributed by atoms with Crippen LogP contribution in [0, 0.1) is 12.7 Å². The monoisotopic (exact) mass is 385 g/mol. The van der Waals surface area contributed by atoms with E-state index in [0.717, 1.165) is 10.7 Å². The van der Waals surface area contributed by atoms with Crippen LogP contribution in [0.5, 0.6) is 0 Å². The minimum atomic E-state index is -0.448. The van der Waals surface area contributed by atoms with E-state index in [1.807, 2.05) is 6.92 Å². The number of aromatic nitrogens is 1. The molecule has 1 N–H and O–H groups in total. The molecule has 8 heteroatoms. The molecule has 2 amide bonds. The number of anilines is 2. The minimum absolute atomic E-state index is 0.0612. The fraction of sp³-hybridized carbons (Fsp3) is 0.350.